The van der Waals surface area contributed by atoms with Crippen LogP contribution in [0.4, 0.5) is 0 Å². The molecular weight excluding hydrogens is 394 g/mol. The van der Waals surface area contributed by atoms with E-state index < -0.39 is 0 Å². The number of hydrogen-bond acceptors (Lipinski definition) is 4. The molecule has 3 rings (SSSR count). The Kier molecular flexibility index (Phi) is 7.18. The van der Waals surface area contributed by atoms with Crippen molar-refractivity contribution in [2.75, 3.05) is 20.1 Å². The van der Waals surface area contributed by atoms with Crippen LogP contribution in [-0.2, 0) is 11.5 Å². The van der Waals surface area contributed by atoms with E-state index >= 15 is 0 Å². The number of carbonyl (C=O) groups excluding carboxylic acids is 1. The Hall–Kier alpha value is -2.77. The summed E-state index contributed by atoms with van der Waals surface area (Å²) < 4.78 is 4.36. The average Bonchev–Trinajstić information content (AvgIpc) is 3.03. The van der Waals surface area contributed by atoms with E-state index in [-0.39, 0.29) is 5.91 Å². The lowest BCUT2D eigenvalue weighted by molar-refractivity contribution is -0.122. The molecule has 158 valence electrons. The minimum atomic E-state index is 0.00240. The zero-order chi connectivity index (χ0) is 21.7. The summed E-state index contributed by atoms with van der Waals surface area (Å²) in [6, 6.07) is 16.5. The standard InChI is InChI=1S/C23H29N5OS/c1-5-14-24-21(29)15-26(4)16-27-23(30)28(20-12-8-18(3)9-13-20)22(25-27)19-10-6-17(2)7-11-19/h6-13H,5,14-16H2,1-4H3,(H,24,29). The van der Waals surface area contributed by atoms with E-state index in [1.807, 2.05) is 23.4 Å². The summed E-state index contributed by atoms with van der Waals surface area (Å²) in [5.74, 6) is 0.787. The zero-order valence-corrected chi connectivity index (χ0v) is 18.9. The third kappa shape index (κ3) is 5.23. The number of nitrogens with one attached hydrogen (secondary N) is 1. The quantitative estimate of drug-likeness (QED) is 0.554. The van der Waals surface area contributed by atoms with Crippen molar-refractivity contribution in [3.63, 3.8) is 0 Å². The van der Waals surface area contributed by atoms with Gasteiger partial charge in [-0.2, -0.15) is 0 Å². The van der Waals surface area contributed by atoms with Crippen LogP contribution >= 0.6 is 12.2 Å². The first-order chi connectivity index (χ1) is 14.4. The van der Waals surface area contributed by atoms with Crippen LogP contribution in [0.15, 0.2) is 48.5 Å². The molecule has 0 aliphatic carbocycles. The van der Waals surface area contributed by atoms with Gasteiger partial charge in [-0.1, -0.05) is 54.4 Å². The van der Waals surface area contributed by atoms with Gasteiger partial charge < -0.3 is 5.32 Å². The monoisotopic (exact) mass is 423 g/mol. The number of amides is 1. The maximum atomic E-state index is 12.1. The van der Waals surface area contributed by atoms with E-state index in [9.17, 15) is 4.79 Å². The molecule has 30 heavy (non-hydrogen) atoms. The van der Waals surface area contributed by atoms with Gasteiger partial charge in [-0.05, 0) is 51.7 Å². The van der Waals surface area contributed by atoms with Gasteiger partial charge >= 0.3 is 0 Å². The lowest BCUT2D eigenvalue weighted by Gasteiger charge is -2.15. The second-order valence-corrected chi connectivity index (χ2v) is 8.01. The number of hydrogen-bond donors (Lipinski definition) is 1. The van der Waals surface area contributed by atoms with E-state index in [2.05, 4.69) is 67.7 Å². The summed E-state index contributed by atoms with van der Waals surface area (Å²) in [6.45, 7) is 7.56. The van der Waals surface area contributed by atoms with Crippen molar-refractivity contribution in [1.29, 1.82) is 0 Å². The average molecular weight is 424 g/mol. The lowest BCUT2D eigenvalue weighted by Crippen LogP contribution is -2.36. The van der Waals surface area contributed by atoms with Crippen LogP contribution in [0, 0.1) is 18.6 Å². The van der Waals surface area contributed by atoms with Crippen molar-refractivity contribution in [3.8, 4) is 17.1 Å². The Morgan fingerprint density at radius 3 is 2.27 bits per heavy atom. The first-order valence-electron chi connectivity index (χ1n) is 10.2. The SMILES string of the molecule is CCCNC(=O)CN(C)Cn1nc(-c2ccc(C)cc2)n(-c2ccc(C)cc2)c1=S. The molecule has 0 spiro atoms. The number of aryl methyl sites for hydroxylation is 2. The topological polar surface area (TPSA) is 55.1 Å². The number of benzene rings is 2. The Bertz CT molecular complexity index is 1050. The van der Waals surface area contributed by atoms with Crippen LogP contribution in [0.5, 0.6) is 0 Å². The molecule has 0 bridgehead atoms. The number of aromatic nitrogens is 3. The Balaban J connectivity index is 1.96. The second kappa shape index (κ2) is 9.82. The van der Waals surface area contributed by atoms with E-state index in [4.69, 9.17) is 17.3 Å². The molecule has 0 fully saturated rings. The van der Waals surface area contributed by atoms with Crippen LogP contribution in [-0.4, -0.2) is 45.3 Å². The second-order valence-electron chi connectivity index (χ2n) is 7.65. The molecule has 1 amide bonds. The molecule has 3 aromatic rings. The van der Waals surface area contributed by atoms with Gasteiger partial charge in [0.1, 0.15) is 0 Å². The molecular formula is C23H29N5OS. The molecule has 2 aromatic carbocycles. The third-order valence-electron chi connectivity index (χ3n) is 4.80. The predicted molar refractivity (Wildman–Crippen MR) is 123 cm³/mol. The highest BCUT2D eigenvalue weighted by Gasteiger charge is 2.16. The summed E-state index contributed by atoms with van der Waals surface area (Å²) >= 11 is 5.79. The molecule has 0 atom stereocenters. The van der Waals surface area contributed by atoms with E-state index in [1.54, 1.807) is 4.68 Å². The molecule has 0 aliphatic rings. The van der Waals surface area contributed by atoms with Gasteiger partial charge in [0.25, 0.3) is 0 Å². The minimum absolute atomic E-state index is 0.00240. The Labute approximate surface area is 183 Å². The van der Waals surface area contributed by atoms with E-state index in [0.29, 0.717) is 24.5 Å². The van der Waals surface area contributed by atoms with Gasteiger partial charge in [0.2, 0.25) is 10.7 Å². The molecule has 0 aliphatic heterocycles. The zero-order valence-electron chi connectivity index (χ0n) is 18.1. The minimum Gasteiger partial charge on any atom is -0.355 e. The Morgan fingerprint density at radius 1 is 1.07 bits per heavy atom. The number of nitrogens with zero attached hydrogens (tertiary/aromatic N) is 4. The molecule has 1 heterocycles. The molecule has 0 saturated carbocycles. The fourth-order valence-electron chi connectivity index (χ4n) is 3.16. The molecule has 1 aromatic heterocycles. The molecule has 0 radical (unpaired) electrons. The molecule has 0 saturated heterocycles. The fraction of sp³-hybridized carbons (Fsp3) is 0.348. The highest BCUT2D eigenvalue weighted by atomic mass is 32.1. The molecule has 0 unspecified atom stereocenters. The summed E-state index contributed by atoms with van der Waals surface area (Å²) in [4.78, 5) is 14.0. The fourth-order valence-corrected chi connectivity index (χ4v) is 3.45. The summed E-state index contributed by atoms with van der Waals surface area (Å²) in [6.07, 6.45) is 0.918. The largest absolute Gasteiger partial charge is 0.355 e. The lowest BCUT2D eigenvalue weighted by atomic mass is 10.1. The van der Waals surface area contributed by atoms with Crippen molar-refractivity contribution >= 4 is 18.1 Å². The van der Waals surface area contributed by atoms with Crippen LogP contribution < -0.4 is 5.32 Å². The van der Waals surface area contributed by atoms with Gasteiger partial charge in [0.05, 0.1) is 13.2 Å². The first-order valence-corrected chi connectivity index (χ1v) is 10.6. The third-order valence-corrected chi connectivity index (χ3v) is 5.20. The van der Waals surface area contributed by atoms with Crippen molar-refractivity contribution in [1.82, 2.24) is 24.6 Å². The molecule has 1 N–H and O–H groups in total. The summed E-state index contributed by atoms with van der Waals surface area (Å²) in [5.41, 5.74) is 4.34. The van der Waals surface area contributed by atoms with Crippen LogP contribution in [0.1, 0.15) is 24.5 Å². The van der Waals surface area contributed by atoms with Gasteiger partial charge in [-0.15, -0.1) is 5.10 Å². The van der Waals surface area contributed by atoms with Gasteiger partial charge in [0.15, 0.2) is 5.82 Å². The van der Waals surface area contributed by atoms with E-state index in [0.717, 1.165) is 23.5 Å². The van der Waals surface area contributed by atoms with Crippen molar-refractivity contribution in [2.24, 2.45) is 0 Å². The van der Waals surface area contributed by atoms with Gasteiger partial charge in [0, 0.05) is 17.8 Å². The van der Waals surface area contributed by atoms with Crippen molar-refractivity contribution in [2.45, 2.75) is 33.9 Å². The first kappa shape index (κ1) is 21.9. The van der Waals surface area contributed by atoms with Crippen molar-refractivity contribution in [3.05, 3.63) is 64.4 Å². The van der Waals surface area contributed by atoms with Crippen LogP contribution in [0.25, 0.3) is 17.1 Å². The van der Waals surface area contributed by atoms with Crippen molar-refractivity contribution < 1.29 is 4.79 Å². The van der Waals surface area contributed by atoms with Gasteiger partial charge in [-0.25, -0.2) is 4.68 Å². The maximum absolute atomic E-state index is 12.1. The number of rotatable bonds is 8. The summed E-state index contributed by atoms with van der Waals surface area (Å²) in [7, 11) is 1.89. The predicted octanol–water partition coefficient (Wildman–Crippen LogP) is 4.10. The van der Waals surface area contributed by atoms with Crippen LogP contribution in [0.3, 0.4) is 0 Å². The molecule has 6 nitrogen and oxygen atoms in total. The van der Waals surface area contributed by atoms with E-state index in [1.165, 1.54) is 11.1 Å². The molecule has 7 heteroatoms. The number of carbonyl (C=O) groups is 1. The summed E-state index contributed by atoms with van der Waals surface area (Å²) in [5, 5.41) is 7.72. The Morgan fingerprint density at radius 2 is 1.67 bits per heavy atom. The highest BCUT2D eigenvalue weighted by Crippen LogP contribution is 2.23. The maximum Gasteiger partial charge on any atom is 0.234 e. The van der Waals surface area contributed by atoms with Gasteiger partial charge in [-0.3, -0.25) is 14.3 Å². The highest BCUT2D eigenvalue weighted by molar-refractivity contribution is 7.71. The van der Waals surface area contributed by atoms with Crippen LogP contribution in [0.2, 0.25) is 0 Å². The normalized spacial score (nSPS) is 11.1. The smallest absolute Gasteiger partial charge is 0.234 e. The number of likely N-dealkylation sites (N-methyl/N-ethyl adjacent to an activating group) is 1.